The van der Waals surface area contributed by atoms with Gasteiger partial charge in [0.05, 0.1) is 24.4 Å². The molecule has 0 aliphatic carbocycles. The molecule has 1 heterocycles. The third-order valence-electron chi connectivity index (χ3n) is 5.10. The van der Waals surface area contributed by atoms with Crippen molar-refractivity contribution in [2.45, 2.75) is 6.04 Å². The monoisotopic (exact) mass is 435 g/mol. The van der Waals surface area contributed by atoms with E-state index < -0.39 is 17.7 Å². The van der Waals surface area contributed by atoms with E-state index in [0.29, 0.717) is 27.6 Å². The molecule has 2 N–H and O–H groups in total. The van der Waals surface area contributed by atoms with E-state index >= 15 is 0 Å². The van der Waals surface area contributed by atoms with Gasteiger partial charge in [0.25, 0.3) is 11.7 Å². The number of nitrogens with zero attached hydrogens (tertiary/aromatic N) is 1. The number of phenols is 1. The number of hydrogen-bond acceptors (Lipinski definition) is 5. The maximum atomic E-state index is 13.1. The Morgan fingerprint density at radius 1 is 1.00 bits per heavy atom. The number of para-hydroxylation sites is 2. The molecule has 0 spiro atoms. The summed E-state index contributed by atoms with van der Waals surface area (Å²) < 4.78 is 5.40. The van der Waals surface area contributed by atoms with Crippen molar-refractivity contribution in [2.24, 2.45) is 0 Å². The second-order valence-corrected chi connectivity index (χ2v) is 7.38. The van der Waals surface area contributed by atoms with E-state index in [9.17, 15) is 19.8 Å². The topological polar surface area (TPSA) is 87.1 Å². The van der Waals surface area contributed by atoms with E-state index in [1.165, 1.54) is 30.2 Å². The number of ether oxygens (including phenoxy) is 1. The second-order valence-electron chi connectivity index (χ2n) is 6.94. The Morgan fingerprint density at radius 3 is 2.39 bits per heavy atom. The van der Waals surface area contributed by atoms with Crippen LogP contribution in [0.15, 0.2) is 78.4 Å². The van der Waals surface area contributed by atoms with Gasteiger partial charge in [0.2, 0.25) is 0 Å². The van der Waals surface area contributed by atoms with Crippen LogP contribution in [0.4, 0.5) is 5.69 Å². The maximum Gasteiger partial charge on any atom is 0.300 e. The number of aliphatic hydroxyl groups excluding tert-OH is 1. The van der Waals surface area contributed by atoms with Gasteiger partial charge in [-0.1, -0.05) is 48.0 Å². The Kier molecular flexibility index (Phi) is 5.40. The van der Waals surface area contributed by atoms with Crippen molar-refractivity contribution in [1.29, 1.82) is 0 Å². The minimum absolute atomic E-state index is 0.0350. The van der Waals surface area contributed by atoms with Crippen LogP contribution in [-0.4, -0.2) is 29.0 Å². The smallest absolute Gasteiger partial charge is 0.300 e. The molecule has 1 amide bonds. The molecule has 1 unspecified atom stereocenters. The quantitative estimate of drug-likeness (QED) is 0.353. The number of amides is 1. The minimum Gasteiger partial charge on any atom is -0.508 e. The molecule has 1 aliphatic rings. The molecule has 1 fully saturated rings. The molecular formula is C24H18ClNO5. The average molecular weight is 436 g/mol. The molecule has 156 valence electrons. The first-order valence-corrected chi connectivity index (χ1v) is 9.79. The van der Waals surface area contributed by atoms with Gasteiger partial charge in [0.15, 0.2) is 0 Å². The number of anilines is 1. The number of aliphatic hydroxyl groups is 1. The summed E-state index contributed by atoms with van der Waals surface area (Å²) in [6.45, 7) is 0. The second kappa shape index (κ2) is 8.16. The Balaban J connectivity index is 1.98. The lowest BCUT2D eigenvalue weighted by atomic mass is 9.95. The average Bonchev–Trinajstić information content (AvgIpc) is 3.04. The number of ketones is 1. The zero-order valence-corrected chi connectivity index (χ0v) is 17.2. The largest absolute Gasteiger partial charge is 0.508 e. The minimum atomic E-state index is -0.934. The van der Waals surface area contributed by atoms with Crippen molar-refractivity contribution in [2.75, 3.05) is 12.0 Å². The Labute approximate surface area is 183 Å². The van der Waals surface area contributed by atoms with Crippen LogP contribution >= 0.6 is 11.6 Å². The number of benzene rings is 3. The van der Waals surface area contributed by atoms with Crippen molar-refractivity contribution in [3.05, 3.63) is 94.5 Å². The molecule has 0 saturated carbocycles. The summed E-state index contributed by atoms with van der Waals surface area (Å²) in [6.07, 6.45) is 0. The summed E-state index contributed by atoms with van der Waals surface area (Å²) >= 11 is 6.06. The number of carbonyl (C=O) groups excluding carboxylic acids is 2. The SMILES string of the molecule is COc1ccccc1N1C(=O)C(=O)/C(=C(\O)c2cccc(Cl)c2)C1c1ccc(O)cc1. The number of methoxy groups -OCH3 is 1. The Bertz CT molecular complexity index is 1200. The van der Waals surface area contributed by atoms with Gasteiger partial charge in [0, 0.05) is 10.6 Å². The van der Waals surface area contributed by atoms with Gasteiger partial charge in [-0.15, -0.1) is 0 Å². The van der Waals surface area contributed by atoms with E-state index in [2.05, 4.69) is 0 Å². The highest BCUT2D eigenvalue weighted by molar-refractivity contribution is 6.52. The van der Waals surface area contributed by atoms with Gasteiger partial charge >= 0.3 is 0 Å². The highest BCUT2D eigenvalue weighted by atomic mass is 35.5. The van der Waals surface area contributed by atoms with Crippen molar-refractivity contribution in [3.8, 4) is 11.5 Å². The standard InChI is InChI=1S/C24H18ClNO5/c1-31-19-8-3-2-7-18(19)26-21(14-9-11-17(27)12-10-14)20(23(29)24(26)30)22(28)15-5-4-6-16(25)13-15/h2-13,21,27-28H,1H3/b22-20-. The van der Waals surface area contributed by atoms with Gasteiger partial charge in [-0.25, -0.2) is 0 Å². The van der Waals surface area contributed by atoms with E-state index in [4.69, 9.17) is 16.3 Å². The van der Waals surface area contributed by atoms with Gasteiger partial charge < -0.3 is 14.9 Å². The molecule has 0 aromatic heterocycles. The fourth-order valence-corrected chi connectivity index (χ4v) is 3.86. The van der Waals surface area contributed by atoms with Gasteiger partial charge in [-0.05, 0) is 42.0 Å². The predicted octanol–water partition coefficient (Wildman–Crippen LogP) is 4.68. The van der Waals surface area contributed by atoms with E-state index in [-0.39, 0.29) is 17.1 Å². The Morgan fingerprint density at radius 2 is 1.71 bits per heavy atom. The maximum absolute atomic E-state index is 13.1. The molecule has 1 saturated heterocycles. The van der Waals surface area contributed by atoms with E-state index in [1.54, 1.807) is 54.6 Å². The first kappa shape index (κ1) is 20.5. The van der Waals surface area contributed by atoms with Crippen LogP contribution in [0.5, 0.6) is 11.5 Å². The van der Waals surface area contributed by atoms with Crippen molar-refractivity contribution >= 4 is 34.7 Å². The Hall–Kier alpha value is -3.77. The molecule has 4 rings (SSSR count). The lowest BCUT2D eigenvalue weighted by molar-refractivity contribution is -0.132. The molecule has 1 aliphatic heterocycles. The molecule has 3 aromatic rings. The molecule has 0 bridgehead atoms. The van der Waals surface area contributed by atoms with Crippen LogP contribution in [0.2, 0.25) is 5.02 Å². The van der Waals surface area contributed by atoms with Crippen LogP contribution in [0.1, 0.15) is 17.2 Å². The van der Waals surface area contributed by atoms with Crippen LogP contribution in [0.25, 0.3) is 5.76 Å². The molecule has 1 atom stereocenters. The van der Waals surface area contributed by atoms with Crippen LogP contribution in [0, 0.1) is 0 Å². The summed E-state index contributed by atoms with van der Waals surface area (Å²) in [5.41, 5.74) is 1.15. The summed E-state index contributed by atoms with van der Waals surface area (Å²) in [5, 5.41) is 21.1. The van der Waals surface area contributed by atoms with Crippen molar-refractivity contribution < 1.29 is 24.5 Å². The third-order valence-corrected chi connectivity index (χ3v) is 5.33. The highest BCUT2D eigenvalue weighted by Crippen LogP contribution is 2.45. The van der Waals surface area contributed by atoms with E-state index in [1.807, 2.05) is 0 Å². The number of carbonyl (C=O) groups is 2. The summed E-state index contributed by atoms with van der Waals surface area (Å²) in [7, 11) is 1.47. The van der Waals surface area contributed by atoms with Crippen LogP contribution in [0.3, 0.4) is 0 Å². The fourth-order valence-electron chi connectivity index (χ4n) is 3.67. The first-order valence-electron chi connectivity index (χ1n) is 9.41. The first-order chi connectivity index (χ1) is 14.9. The molecule has 31 heavy (non-hydrogen) atoms. The van der Waals surface area contributed by atoms with Gasteiger partial charge in [-0.3, -0.25) is 14.5 Å². The zero-order chi connectivity index (χ0) is 22.1. The molecule has 0 radical (unpaired) electrons. The summed E-state index contributed by atoms with van der Waals surface area (Å²) in [6, 6.07) is 18.4. The number of phenolic OH excluding ortho intramolecular Hbond substituents is 1. The lowest BCUT2D eigenvalue weighted by Crippen LogP contribution is -2.29. The van der Waals surface area contributed by atoms with Crippen LogP contribution in [-0.2, 0) is 9.59 Å². The normalized spacial score (nSPS) is 17.7. The number of Topliss-reactive ketones (excluding diaryl/α,β-unsaturated/α-hetero) is 1. The summed E-state index contributed by atoms with van der Waals surface area (Å²) in [4.78, 5) is 27.5. The number of halogens is 1. The third kappa shape index (κ3) is 3.62. The predicted molar refractivity (Wildman–Crippen MR) is 117 cm³/mol. The van der Waals surface area contributed by atoms with Crippen molar-refractivity contribution in [1.82, 2.24) is 0 Å². The number of rotatable bonds is 4. The van der Waals surface area contributed by atoms with E-state index in [0.717, 1.165) is 0 Å². The lowest BCUT2D eigenvalue weighted by Gasteiger charge is -2.26. The highest BCUT2D eigenvalue weighted by Gasteiger charge is 2.47. The molecule has 6 nitrogen and oxygen atoms in total. The zero-order valence-electron chi connectivity index (χ0n) is 16.4. The number of aromatic hydroxyl groups is 1. The summed E-state index contributed by atoms with van der Waals surface area (Å²) in [5.74, 6) is -1.53. The molecule has 7 heteroatoms. The molecular weight excluding hydrogens is 418 g/mol. The van der Waals surface area contributed by atoms with Gasteiger partial charge in [0.1, 0.15) is 17.3 Å². The number of hydrogen-bond donors (Lipinski definition) is 2. The van der Waals surface area contributed by atoms with Gasteiger partial charge in [-0.2, -0.15) is 0 Å². The fraction of sp³-hybridized carbons (Fsp3) is 0.0833. The van der Waals surface area contributed by atoms with Crippen molar-refractivity contribution in [3.63, 3.8) is 0 Å². The van der Waals surface area contributed by atoms with Crippen LogP contribution < -0.4 is 9.64 Å². The molecule has 3 aromatic carbocycles.